The fourth-order valence-electron chi connectivity index (χ4n) is 2.17. The maximum atomic E-state index is 12.3. The molecule has 2 nitrogen and oxygen atoms in total. The lowest BCUT2D eigenvalue weighted by Crippen LogP contribution is -2.33. The highest BCUT2D eigenvalue weighted by molar-refractivity contribution is 7.21. The quantitative estimate of drug-likeness (QED) is 0.864. The molecule has 4 heteroatoms. The van der Waals surface area contributed by atoms with Crippen LogP contribution in [0.15, 0.2) is 18.2 Å². The van der Waals surface area contributed by atoms with E-state index in [1.54, 1.807) is 0 Å². The van der Waals surface area contributed by atoms with E-state index >= 15 is 0 Å². The van der Waals surface area contributed by atoms with Gasteiger partial charge in [0.1, 0.15) is 4.88 Å². The zero-order valence-corrected chi connectivity index (χ0v) is 13.0. The van der Waals surface area contributed by atoms with Gasteiger partial charge in [0, 0.05) is 16.1 Å². The van der Waals surface area contributed by atoms with Crippen molar-refractivity contribution >= 4 is 38.9 Å². The SMILES string of the molecule is CCC(CC)NC(=O)c1sc2cccc(C)c2c1Cl. The monoisotopic (exact) mass is 295 g/mol. The first-order chi connectivity index (χ1) is 9.08. The summed E-state index contributed by atoms with van der Waals surface area (Å²) in [5.74, 6) is -0.0562. The molecule has 2 rings (SSSR count). The molecule has 0 saturated heterocycles. The highest BCUT2D eigenvalue weighted by Crippen LogP contribution is 2.37. The van der Waals surface area contributed by atoms with Crippen molar-refractivity contribution in [2.24, 2.45) is 0 Å². The minimum Gasteiger partial charge on any atom is -0.349 e. The maximum Gasteiger partial charge on any atom is 0.263 e. The Morgan fingerprint density at radius 2 is 2.05 bits per heavy atom. The number of carbonyl (C=O) groups excluding carboxylic acids is 1. The van der Waals surface area contributed by atoms with Crippen molar-refractivity contribution in [2.75, 3.05) is 0 Å². The molecule has 0 aliphatic carbocycles. The third-order valence-electron chi connectivity index (χ3n) is 3.39. The van der Waals surface area contributed by atoms with Gasteiger partial charge in [0.05, 0.1) is 5.02 Å². The summed E-state index contributed by atoms with van der Waals surface area (Å²) in [4.78, 5) is 12.9. The van der Waals surface area contributed by atoms with Gasteiger partial charge in [0.15, 0.2) is 0 Å². The van der Waals surface area contributed by atoms with Crippen LogP contribution in [0.5, 0.6) is 0 Å². The van der Waals surface area contributed by atoms with Gasteiger partial charge in [-0.2, -0.15) is 0 Å². The van der Waals surface area contributed by atoms with Crippen molar-refractivity contribution in [2.45, 2.75) is 39.7 Å². The molecule has 1 amide bonds. The summed E-state index contributed by atoms with van der Waals surface area (Å²) < 4.78 is 1.07. The second-order valence-electron chi connectivity index (χ2n) is 4.68. The topological polar surface area (TPSA) is 29.1 Å². The van der Waals surface area contributed by atoms with E-state index in [9.17, 15) is 4.79 Å². The minimum atomic E-state index is -0.0562. The van der Waals surface area contributed by atoms with E-state index in [1.807, 2.05) is 25.1 Å². The van der Waals surface area contributed by atoms with Crippen molar-refractivity contribution in [3.63, 3.8) is 0 Å². The number of amides is 1. The first kappa shape index (κ1) is 14.4. The summed E-state index contributed by atoms with van der Waals surface area (Å²) in [6.07, 6.45) is 1.87. The summed E-state index contributed by atoms with van der Waals surface area (Å²) >= 11 is 7.84. The van der Waals surface area contributed by atoms with Crippen LogP contribution in [0.25, 0.3) is 10.1 Å². The Kier molecular flexibility index (Phi) is 4.48. The Labute approximate surface area is 122 Å². The molecule has 0 bridgehead atoms. The number of thiophene rings is 1. The molecule has 0 radical (unpaired) electrons. The molecule has 1 aromatic heterocycles. The highest BCUT2D eigenvalue weighted by Gasteiger charge is 2.19. The van der Waals surface area contributed by atoms with Crippen LogP contribution in [0.4, 0.5) is 0 Å². The second-order valence-corrected chi connectivity index (χ2v) is 6.11. The number of rotatable bonds is 4. The summed E-state index contributed by atoms with van der Waals surface area (Å²) in [5.41, 5.74) is 1.11. The molecule has 19 heavy (non-hydrogen) atoms. The predicted molar refractivity (Wildman–Crippen MR) is 83.4 cm³/mol. The van der Waals surface area contributed by atoms with Gasteiger partial charge < -0.3 is 5.32 Å². The Hall–Kier alpha value is -1.06. The molecule has 0 atom stereocenters. The Morgan fingerprint density at radius 1 is 1.37 bits per heavy atom. The van der Waals surface area contributed by atoms with Crippen molar-refractivity contribution in [1.29, 1.82) is 0 Å². The first-order valence-electron chi connectivity index (χ1n) is 6.56. The van der Waals surface area contributed by atoms with Gasteiger partial charge in [0.2, 0.25) is 0 Å². The summed E-state index contributed by atoms with van der Waals surface area (Å²) in [5, 5.41) is 4.63. The summed E-state index contributed by atoms with van der Waals surface area (Å²) in [6, 6.07) is 6.23. The predicted octanol–water partition coefficient (Wildman–Crippen LogP) is 4.78. The average Bonchev–Trinajstić information content (AvgIpc) is 2.74. The minimum absolute atomic E-state index is 0.0562. The smallest absolute Gasteiger partial charge is 0.263 e. The molecule has 1 aromatic carbocycles. The van der Waals surface area contributed by atoms with Gasteiger partial charge >= 0.3 is 0 Å². The van der Waals surface area contributed by atoms with E-state index in [1.165, 1.54) is 11.3 Å². The van der Waals surface area contributed by atoms with E-state index in [2.05, 4.69) is 19.2 Å². The van der Waals surface area contributed by atoms with E-state index in [0.29, 0.717) is 9.90 Å². The lowest BCUT2D eigenvalue weighted by molar-refractivity contribution is 0.0939. The Morgan fingerprint density at radius 3 is 2.63 bits per heavy atom. The number of hydrogen-bond donors (Lipinski definition) is 1. The van der Waals surface area contributed by atoms with Crippen LogP contribution in [0.2, 0.25) is 5.02 Å². The average molecular weight is 296 g/mol. The van der Waals surface area contributed by atoms with Gasteiger partial charge in [-0.3, -0.25) is 4.79 Å². The number of carbonyl (C=O) groups is 1. The largest absolute Gasteiger partial charge is 0.349 e. The van der Waals surface area contributed by atoms with Gasteiger partial charge in [-0.1, -0.05) is 37.6 Å². The maximum absolute atomic E-state index is 12.3. The number of halogens is 1. The molecule has 2 aromatic rings. The Bertz CT molecular complexity index is 601. The van der Waals surface area contributed by atoms with E-state index in [0.717, 1.165) is 28.5 Å². The fourth-order valence-corrected chi connectivity index (χ4v) is 3.75. The van der Waals surface area contributed by atoms with Crippen LogP contribution in [0, 0.1) is 6.92 Å². The fraction of sp³-hybridized carbons (Fsp3) is 0.400. The van der Waals surface area contributed by atoms with Crippen molar-refractivity contribution in [3.8, 4) is 0 Å². The molecule has 0 aliphatic heterocycles. The number of nitrogens with one attached hydrogen (secondary N) is 1. The van der Waals surface area contributed by atoms with Gasteiger partial charge in [-0.05, 0) is 31.4 Å². The van der Waals surface area contributed by atoms with Crippen LogP contribution in [-0.4, -0.2) is 11.9 Å². The van der Waals surface area contributed by atoms with Crippen molar-refractivity contribution < 1.29 is 4.79 Å². The number of benzene rings is 1. The lowest BCUT2D eigenvalue weighted by Gasteiger charge is -2.13. The zero-order valence-electron chi connectivity index (χ0n) is 11.4. The van der Waals surface area contributed by atoms with Crippen LogP contribution in [-0.2, 0) is 0 Å². The van der Waals surface area contributed by atoms with E-state index < -0.39 is 0 Å². The van der Waals surface area contributed by atoms with Gasteiger partial charge in [-0.25, -0.2) is 0 Å². The standard InChI is InChI=1S/C15H18ClNOS/c1-4-10(5-2)17-15(18)14-13(16)12-9(3)7-6-8-11(12)19-14/h6-8,10H,4-5H2,1-3H3,(H,17,18). The van der Waals surface area contributed by atoms with Gasteiger partial charge in [-0.15, -0.1) is 11.3 Å². The van der Waals surface area contributed by atoms with Crippen molar-refractivity contribution in [1.82, 2.24) is 5.32 Å². The van der Waals surface area contributed by atoms with E-state index in [4.69, 9.17) is 11.6 Å². The molecule has 0 spiro atoms. The van der Waals surface area contributed by atoms with Crippen LogP contribution in [0.1, 0.15) is 41.9 Å². The second kappa shape index (κ2) is 5.93. The molecule has 0 aliphatic rings. The van der Waals surface area contributed by atoms with Gasteiger partial charge in [0.25, 0.3) is 5.91 Å². The zero-order chi connectivity index (χ0) is 14.0. The molecule has 0 fully saturated rings. The molecule has 102 valence electrons. The van der Waals surface area contributed by atoms with Crippen molar-refractivity contribution in [3.05, 3.63) is 33.7 Å². The number of hydrogen-bond acceptors (Lipinski definition) is 2. The third-order valence-corrected chi connectivity index (χ3v) is 5.04. The molecular formula is C15H18ClNOS. The number of aryl methyl sites for hydroxylation is 1. The first-order valence-corrected chi connectivity index (χ1v) is 7.76. The molecule has 1 heterocycles. The molecule has 0 unspecified atom stereocenters. The van der Waals surface area contributed by atoms with Crippen LogP contribution < -0.4 is 5.32 Å². The Balaban J connectivity index is 2.38. The normalized spacial score (nSPS) is 11.2. The van der Waals surface area contributed by atoms with E-state index in [-0.39, 0.29) is 11.9 Å². The van der Waals surface area contributed by atoms with Crippen LogP contribution in [0.3, 0.4) is 0 Å². The molecule has 1 N–H and O–H groups in total. The highest BCUT2D eigenvalue weighted by atomic mass is 35.5. The summed E-state index contributed by atoms with van der Waals surface area (Å²) in [6.45, 7) is 6.17. The molecule has 0 saturated carbocycles. The lowest BCUT2D eigenvalue weighted by atomic mass is 10.1. The summed E-state index contributed by atoms with van der Waals surface area (Å²) in [7, 11) is 0. The molecular weight excluding hydrogens is 278 g/mol. The third kappa shape index (κ3) is 2.77. The van der Waals surface area contributed by atoms with Crippen LogP contribution >= 0.6 is 22.9 Å². The number of fused-ring (bicyclic) bond motifs is 1.